The van der Waals surface area contributed by atoms with Crippen LogP contribution in [0, 0.1) is 11.3 Å². The van der Waals surface area contributed by atoms with Gasteiger partial charge in [-0.2, -0.15) is 5.26 Å². The predicted molar refractivity (Wildman–Crippen MR) is 114 cm³/mol. The minimum atomic E-state index is -0.216. The van der Waals surface area contributed by atoms with Crippen LogP contribution in [0.1, 0.15) is 0 Å². The fraction of sp³-hybridized carbons (Fsp3) is 0. The normalized spacial score (nSPS) is 19.8. The van der Waals surface area contributed by atoms with Gasteiger partial charge < -0.3 is 5.73 Å². The Balaban J connectivity index is 1.81. The highest BCUT2D eigenvalue weighted by molar-refractivity contribution is 8.27. The van der Waals surface area contributed by atoms with Crippen molar-refractivity contribution in [1.29, 1.82) is 5.26 Å². The molecule has 2 aromatic carbocycles. The number of nitrogens with two attached hydrogens (primary N) is 1. The number of anilines is 2. The highest BCUT2D eigenvalue weighted by Gasteiger charge is 2.40. The molecule has 0 atom stereocenters. The molecule has 0 aliphatic carbocycles. The van der Waals surface area contributed by atoms with Crippen molar-refractivity contribution in [3.8, 4) is 6.07 Å². The van der Waals surface area contributed by atoms with Crippen LogP contribution in [0.3, 0.4) is 0 Å². The SMILES string of the molecule is N#CC1=C(N)N(c2ccccc2)/C(=C2\SC(=S)N(c3ccccc3)C2=O)S1. The fourth-order valence-corrected chi connectivity index (χ4v) is 5.17. The van der Waals surface area contributed by atoms with Gasteiger partial charge in [-0.1, -0.05) is 72.1 Å². The second-order valence-corrected chi connectivity index (χ2v) is 8.22. The van der Waals surface area contributed by atoms with Gasteiger partial charge >= 0.3 is 0 Å². The van der Waals surface area contributed by atoms with Gasteiger partial charge in [-0.25, -0.2) is 0 Å². The molecule has 2 aliphatic heterocycles. The van der Waals surface area contributed by atoms with E-state index in [9.17, 15) is 10.1 Å². The van der Waals surface area contributed by atoms with E-state index >= 15 is 0 Å². The minimum Gasteiger partial charge on any atom is -0.383 e. The number of allylic oxidation sites excluding steroid dienone is 1. The van der Waals surface area contributed by atoms with Gasteiger partial charge in [0.05, 0.1) is 5.69 Å². The molecule has 1 fully saturated rings. The standard InChI is InChI=1S/C19H12N4OS3/c20-11-14-16(21)22(12-7-3-1-4-8-12)18(26-14)15-17(24)23(19(25)27-15)13-9-5-2-6-10-13/h1-10H,21H2/b18-15+. The van der Waals surface area contributed by atoms with Gasteiger partial charge in [-0.3, -0.25) is 14.6 Å². The zero-order valence-corrected chi connectivity index (χ0v) is 16.3. The molecule has 27 heavy (non-hydrogen) atoms. The first-order valence-electron chi connectivity index (χ1n) is 7.90. The summed E-state index contributed by atoms with van der Waals surface area (Å²) in [5.41, 5.74) is 7.71. The van der Waals surface area contributed by atoms with Crippen LogP contribution in [-0.4, -0.2) is 10.2 Å². The zero-order valence-electron chi connectivity index (χ0n) is 13.8. The van der Waals surface area contributed by atoms with Crippen molar-refractivity contribution in [2.75, 3.05) is 9.80 Å². The van der Waals surface area contributed by atoms with Crippen LogP contribution in [0.2, 0.25) is 0 Å². The number of hydrogen-bond acceptors (Lipinski definition) is 7. The summed E-state index contributed by atoms with van der Waals surface area (Å²) >= 11 is 7.86. The van der Waals surface area contributed by atoms with Crippen LogP contribution in [0.25, 0.3) is 0 Å². The third-order valence-corrected chi connectivity index (χ3v) is 6.54. The highest BCUT2D eigenvalue weighted by atomic mass is 32.2. The summed E-state index contributed by atoms with van der Waals surface area (Å²) in [5, 5.41) is 10.0. The maximum absolute atomic E-state index is 13.2. The number of rotatable bonds is 2. The molecule has 132 valence electrons. The molecule has 2 N–H and O–H groups in total. The van der Waals surface area contributed by atoms with Gasteiger partial charge in [0.15, 0.2) is 4.32 Å². The second kappa shape index (κ2) is 7.12. The Hall–Kier alpha value is -2.73. The van der Waals surface area contributed by atoms with Crippen molar-refractivity contribution in [3.63, 3.8) is 0 Å². The Morgan fingerprint density at radius 2 is 1.48 bits per heavy atom. The molecular weight excluding hydrogens is 396 g/mol. The fourth-order valence-electron chi connectivity index (χ4n) is 2.76. The topological polar surface area (TPSA) is 73.4 Å². The predicted octanol–water partition coefficient (Wildman–Crippen LogP) is 4.13. The van der Waals surface area contributed by atoms with Gasteiger partial charge in [0.25, 0.3) is 5.91 Å². The molecule has 0 unspecified atom stereocenters. The molecule has 0 saturated carbocycles. The first kappa shape index (κ1) is 17.7. The lowest BCUT2D eigenvalue weighted by atomic mass is 10.3. The van der Waals surface area contributed by atoms with E-state index in [2.05, 4.69) is 6.07 Å². The summed E-state index contributed by atoms with van der Waals surface area (Å²) in [4.78, 5) is 17.2. The number of para-hydroxylation sites is 2. The van der Waals surface area contributed by atoms with Gasteiger partial charge in [0, 0.05) is 5.69 Å². The van der Waals surface area contributed by atoms with E-state index in [-0.39, 0.29) is 5.91 Å². The molecule has 5 nitrogen and oxygen atoms in total. The number of amides is 1. The molecule has 2 aromatic rings. The first-order chi connectivity index (χ1) is 13.1. The highest BCUT2D eigenvalue weighted by Crippen LogP contribution is 2.48. The number of hydrogen-bond donors (Lipinski definition) is 1. The Labute approximate surface area is 170 Å². The Morgan fingerprint density at radius 1 is 0.926 bits per heavy atom. The van der Waals surface area contributed by atoms with Crippen LogP contribution in [-0.2, 0) is 4.79 Å². The van der Waals surface area contributed by atoms with Gasteiger partial charge in [-0.05, 0) is 24.3 Å². The second-order valence-electron chi connectivity index (χ2n) is 5.58. The van der Waals surface area contributed by atoms with E-state index < -0.39 is 0 Å². The number of thioether (sulfide) groups is 2. The van der Waals surface area contributed by atoms with E-state index in [1.807, 2.05) is 60.7 Å². The van der Waals surface area contributed by atoms with Crippen molar-refractivity contribution in [3.05, 3.63) is 81.3 Å². The summed E-state index contributed by atoms with van der Waals surface area (Å²) in [5.74, 6) is 0.0975. The Morgan fingerprint density at radius 3 is 2.04 bits per heavy atom. The number of nitrogens with zero attached hydrogens (tertiary/aromatic N) is 3. The monoisotopic (exact) mass is 408 g/mol. The van der Waals surface area contributed by atoms with E-state index in [1.165, 1.54) is 28.4 Å². The minimum absolute atomic E-state index is 0.216. The maximum atomic E-state index is 13.2. The number of benzene rings is 2. The van der Waals surface area contributed by atoms with Crippen molar-refractivity contribution >= 4 is 57.3 Å². The molecule has 0 radical (unpaired) electrons. The van der Waals surface area contributed by atoms with Gasteiger partial charge in [0.2, 0.25) is 0 Å². The molecule has 0 bridgehead atoms. The lowest BCUT2D eigenvalue weighted by Gasteiger charge is -2.21. The number of nitriles is 1. The quantitative estimate of drug-likeness (QED) is 0.592. The smallest absolute Gasteiger partial charge is 0.273 e. The van der Waals surface area contributed by atoms with Crippen LogP contribution >= 0.6 is 35.7 Å². The Kier molecular flexibility index (Phi) is 4.66. The number of carbonyl (C=O) groups is 1. The van der Waals surface area contributed by atoms with Crippen molar-refractivity contribution in [2.24, 2.45) is 5.73 Å². The third kappa shape index (κ3) is 3.00. The summed E-state index contributed by atoms with van der Waals surface area (Å²) in [7, 11) is 0. The molecule has 0 aromatic heterocycles. The van der Waals surface area contributed by atoms with E-state index in [0.29, 0.717) is 30.7 Å². The summed E-state index contributed by atoms with van der Waals surface area (Å²) < 4.78 is 0.450. The summed E-state index contributed by atoms with van der Waals surface area (Å²) in [6.07, 6.45) is 0. The summed E-state index contributed by atoms with van der Waals surface area (Å²) in [6.45, 7) is 0. The van der Waals surface area contributed by atoms with E-state index in [1.54, 1.807) is 4.90 Å². The molecule has 2 heterocycles. The Bertz CT molecular complexity index is 1040. The average Bonchev–Trinajstić information content (AvgIpc) is 3.18. The molecule has 1 amide bonds. The molecule has 4 rings (SSSR count). The van der Waals surface area contributed by atoms with Crippen molar-refractivity contribution < 1.29 is 4.79 Å². The summed E-state index contributed by atoms with van der Waals surface area (Å²) in [6, 6.07) is 20.8. The van der Waals surface area contributed by atoms with Crippen LogP contribution in [0.4, 0.5) is 11.4 Å². The number of carbonyl (C=O) groups excluding carboxylic acids is 1. The average molecular weight is 409 g/mol. The van der Waals surface area contributed by atoms with Gasteiger partial charge in [0.1, 0.15) is 26.7 Å². The molecular formula is C19H12N4OS3. The lowest BCUT2D eigenvalue weighted by Crippen LogP contribution is -2.29. The molecule has 0 spiro atoms. The van der Waals surface area contributed by atoms with Crippen LogP contribution in [0.15, 0.2) is 81.3 Å². The van der Waals surface area contributed by atoms with Crippen molar-refractivity contribution in [1.82, 2.24) is 0 Å². The van der Waals surface area contributed by atoms with Crippen LogP contribution in [0.5, 0.6) is 0 Å². The molecule has 8 heteroatoms. The first-order valence-corrected chi connectivity index (χ1v) is 9.94. The largest absolute Gasteiger partial charge is 0.383 e. The molecule has 1 saturated heterocycles. The zero-order chi connectivity index (χ0) is 19.0. The van der Waals surface area contributed by atoms with Gasteiger partial charge in [-0.15, -0.1) is 0 Å². The van der Waals surface area contributed by atoms with Crippen molar-refractivity contribution in [2.45, 2.75) is 0 Å². The van der Waals surface area contributed by atoms with Crippen LogP contribution < -0.4 is 15.5 Å². The maximum Gasteiger partial charge on any atom is 0.273 e. The lowest BCUT2D eigenvalue weighted by molar-refractivity contribution is -0.113. The third-order valence-electron chi connectivity index (χ3n) is 3.97. The number of thiocarbonyl (C=S) groups is 1. The molecule has 2 aliphatic rings. The van der Waals surface area contributed by atoms with E-state index in [0.717, 1.165) is 5.69 Å². The van der Waals surface area contributed by atoms with E-state index in [4.69, 9.17) is 18.0 Å².